The van der Waals surface area contributed by atoms with E-state index >= 15 is 0 Å². The topological polar surface area (TPSA) is 75.4 Å². The van der Waals surface area contributed by atoms with Gasteiger partial charge < -0.3 is 16.0 Å². The average Bonchev–Trinajstić information content (AvgIpc) is 3.04. The Labute approximate surface area is 130 Å². The smallest absolute Gasteiger partial charge is 0.266 e. The van der Waals surface area contributed by atoms with E-state index in [1.54, 1.807) is 6.07 Å². The highest BCUT2D eigenvalue weighted by molar-refractivity contribution is 7.17. The summed E-state index contributed by atoms with van der Waals surface area (Å²) in [4.78, 5) is 27.9. The lowest BCUT2D eigenvalue weighted by Crippen LogP contribution is -2.27. The molecule has 110 valence electrons. The van der Waals surface area contributed by atoms with Crippen molar-refractivity contribution in [2.24, 2.45) is 5.73 Å². The molecule has 2 aromatic heterocycles. The van der Waals surface area contributed by atoms with E-state index < -0.39 is 5.91 Å². The lowest BCUT2D eigenvalue weighted by Gasteiger charge is -2.22. The molecule has 0 fully saturated rings. The van der Waals surface area contributed by atoms with Gasteiger partial charge in [-0.05, 0) is 30.5 Å². The van der Waals surface area contributed by atoms with E-state index in [0.29, 0.717) is 15.4 Å². The zero-order valence-corrected chi connectivity index (χ0v) is 13.1. The molecule has 2 aromatic rings. The average molecular weight is 321 g/mol. The highest BCUT2D eigenvalue weighted by Crippen LogP contribution is 2.36. The quantitative estimate of drug-likeness (QED) is 0.909. The molecule has 0 radical (unpaired) electrons. The Balaban J connectivity index is 1.95. The van der Waals surface area contributed by atoms with Crippen molar-refractivity contribution in [3.8, 4) is 0 Å². The normalized spacial score (nSPS) is 14.7. The third-order valence-electron chi connectivity index (χ3n) is 3.47. The number of anilines is 1. The van der Waals surface area contributed by atoms with Crippen molar-refractivity contribution in [2.45, 2.75) is 13.0 Å². The number of nitrogens with one attached hydrogen (secondary N) is 1. The molecular formula is C14H15N3O2S2. The third-order valence-corrected chi connectivity index (χ3v) is 5.47. The summed E-state index contributed by atoms with van der Waals surface area (Å²) < 4.78 is 0. The Morgan fingerprint density at radius 1 is 1.43 bits per heavy atom. The number of nitrogens with zero attached hydrogens (tertiary/aromatic N) is 1. The van der Waals surface area contributed by atoms with Crippen LogP contribution in [-0.2, 0) is 13.0 Å². The van der Waals surface area contributed by atoms with Crippen LogP contribution < -0.4 is 11.1 Å². The lowest BCUT2D eigenvalue weighted by atomic mass is 10.0. The van der Waals surface area contributed by atoms with Crippen LogP contribution >= 0.6 is 22.7 Å². The van der Waals surface area contributed by atoms with Crippen LogP contribution in [0.5, 0.6) is 0 Å². The minimum atomic E-state index is -0.474. The predicted octanol–water partition coefficient (Wildman–Crippen LogP) is 2.15. The molecule has 0 atom stereocenters. The second kappa shape index (κ2) is 5.59. The first kappa shape index (κ1) is 14.2. The highest BCUT2D eigenvalue weighted by Gasteiger charge is 2.26. The molecule has 0 bridgehead atoms. The van der Waals surface area contributed by atoms with Crippen LogP contribution in [-0.4, -0.2) is 30.3 Å². The summed E-state index contributed by atoms with van der Waals surface area (Å²) >= 11 is 2.82. The minimum Gasteiger partial charge on any atom is -0.365 e. The van der Waals surface area contributed by atoms with E-state index in [1.165, 1.54) is 22.7 Å². The van der Waals surface area contributed by atoms with Crippen LogP contribution in [0.2, 0.25) is 0 Å². The molecule has 0 spiro atoms. The zero-order chi connectivity index (χ0) is 15.0. The highest BCUT2D eigenvalue weighted by atomic mass is 32.1. The van der Waals surface area contributed by atoms with Gasteiger partial charge in [-0.3, -0.25) is 9.59 Å². The summed E-state index contributed by atoms with van der Waals surface area (Å²) in [6.45, 7) is 1.68. The van der Waals surface area contributed by atoms with Gasteiger partial charge in [-0.2, -0.15) is 0 Å². The van der Waals surface area contributed by atoms with Gasteiger partial charge in [0.1, 0.15) is 5.00 Å². The van der Waals surface area contributed by atoms with E-state index in [1.807, 2.05) is 18.5 Å². The summed E-state index contributed by atoms with van der Waals surface area (Å²) in [5.74, 6) is -0.669. The monoisotopic (exact) mass is 321 g/mol. The number of fused-ring (bicyclic) bond motifs is 1. The molecule has 0 unspecified atom stereocenters. The molecule has 0 aromatic carbocycles. The maximum Gasteiger partial charge on any atom is 0.266 e. The van der Waals surface area contributed by atoms with Gasteiger partial charge in [0.15, 0.2) is 0 Å². The van der Waals surface area contributed by atoms with Crippen molar-refractivity contribution in [1.82, 2.24) is 4.90 Å². The number of rotatable bonds is 3. The van der Waals surface area contributed by atoms with Gasteiger partial charge in [0.25, 0.3) is 11.8 Å². The van der Waals surface area contributed by atoms with Crippen molar-refractivity contribution in [3.05, 3.63) is 38.4 Å². The molecule has 0 aliphatic carbocycles. The SMILES string of the molecule is CN1CCc2c(sc(NC(=O)c3cccs3)c2C(N)=O)C1. The fourth-order valence-electron chi connectivity index (χ4n) is 2.45. The summed E-state index contributed by atoms with van der Waals surface area (Å²) in [6, 6.07) is 3.58. The van der Waals surface area contributed by atoms with Crippen molar-refractivity contribution in [1.29, 1.82) is 0 Å². The van der Waals surface area contributed by atoms with Crippen molar-refractivity contribution < 1.29 is 9.59 Å². The number of amides is 2. The zero-order valence-electron chi connectivity index (χ0n) is 11.5. The van der Waals surface area contributed by atoms with E-state index in [0.717, 1.165) is 30.0 Å². The fraction of sp³-hybridized carbons (Fsp3) is 0.286. The van der Waals surface area contributed by atoms with Gasteiger partial charge in [-0.15, -0.1) is 22.7 Å². The Hall–Kier alpha value is -1.70. The van der Waals surface area contributed by atoms with Crippen LogP contribution in [0.1, 0.15) is 30.5 Å². The largest absolute Gasteiger partial charge is 0.365 e. The van der Waals surface area contributed by atoms with Crippen LogP contribution in [0, 0.1) is 0 Å². The molecular weight excluding hydrogens is 306 g/mol. The molecule has 3 N–H and O–H groups in total. The molecule has 3 rings (SSSR count). The van der Waals surface area contributed by atoms with Crippen LogP contribution in [0.3, 0.4) is 0 Å². The Morgan fingerprint density at radius 3 is 2.90 bits per heavy atom. The first-order chi connectivity index (χ1) is 10.1. The van der Waals surface area contributed by atoms with Gasteiger partial charge in [0, 0.05) is 18.0 Å². The number of carbonyl (C=O) groups excluding carboxylic acids is 2. The third kappa shape index (κ3) is 2.72. The van der Waals surface area contributed by atoms with Crippen LogP contribution in [0.25, 0.3) is 0 Å². The predicted molar refractivity (Wildman–Crippen MR) is 85.1 cm³/mol. The first-order valence-electron chi connectivity index (χ1n) is 6.54. The van der Waals surface area contributed by atoms with Crippen molar-refractivity contribution >= 4 is 39.5 Å². The first-order valence-corrected chi connectivity index (χ1v) is 8.23. The maximum absolute atomic E-state index is 12.2. The summed E-state index contributed by atoms with van der Waals surface area (Å²) in [5, 5.41) is 5.25. The molecule has 5 nitrogen and oxygen atoms in total. The fourth-order valence-corrected chi connectivity index (χ4v) is 4.40. The summed E-state index contributed by atoms with van der Waals surface area (Å²) in [5.41, 5.74) is 6.99. The van der Waals surface area contributed by atoms with Crippen LogP contribution in [0.15, 0.2) is 17.5 Å². The maximum atomic E-state index is 12.2. The number of primary amides is 1. The van der Waals surface area contributed by atoms with Gasteiger partial charge in [0.2, 0.25) is 0 Å². The summed E-state index contributed by atoms with van der Waals surface area (Å²) in [6.07, 6.45) is 0.787. The number of carbonyl (C=O) groups is 2. The van der Waals surface area contributed by atoms with E-state index in [2.05, 4.69) is 10.2 Å². The minimum absolute atomic E-state index is 0.195. The number of hydrogen-bond donors (Lipinski definition) is 2. The molecule has 21 heavy (non-hydrogen) atoms. The number of thiophene rings is 2. The Morgan fingerprint density at radius 2 is 2.24 bits per heavy atom. The van der Waals surface area contributed by atoms with Crippen molar-refractivity contribution in [3.63, 3.8) is 0 Å². The molecule has 1 aliphatic heterocycles. The molecule has 3 heterocycles. The van der Waals surface area contributed by atoms with Gasteiger partial charge in [-0.25, -0.2) is 0 Å². The Kier molecular flexibility index (Phi) is 3.79. The van der Waals surface area contributed by atoms with E-state index in [4.69, 9.17) is 5.73 Å². The second-order valence-corrected chi connectivity index (χ2v) is 7.04. The van der Waals surface area contributed by atoms with Crippen LogP contribution in [0.4, 0.5) is 5.00 Å². The van der Waals surface area contributed by atoms with E-state index in [-0.39, 0.29) is 5.91 Å². The number of hydrogen-bond acceptors (Lipinski definition) is 5. The molecule has 0 saturated carbocycles. The molecule has 2 amide bonds. The number of nitrogens with two attached hydrogens (primary N) is 1. The van der Waals surface area contributed by atoms with Gasteiger partial charge in [0.05, 0.1) is 10.4 Å². The van der Waals surface area contributed by atoms with Crippen molar-refractivity contribution in [2.75, 3.05) is 18.9 Å². The second-order valence-electron chi connectivity index (χ2n) is 4.99. The van der Waals surface area contributed by atoms with E-state index in [9.17, 15) is 9.59 Å². The van der Waals surface area contributed by atoms with Gasteiger partial charge >= 0.3 is 0 Å². The molecule has 7 heteroatoms. The standard InChI is InChI=1S/C14H15N3O2S2/c1-17-5-4-8-10(7-17)21-14(11(8)12(15)18)16-13(19)9-3-2-6-20-9/h2-3,6H,4-5,7H2,1H3,(H2,15,18)(H,16,19). The summed E-state index contributed by atoms with van der Waals surface area (Å²) in [7, 11) is 2.04. The lowest BCUT2D eigenvalue weighted by molar-refractivity contribution is 0.1000. The number of likely N-dealkylation sites (N-methyl/N-ethyl adjacent to an activating group) is 1. The van der Waals surface area contributed by atoms with Gasteiger partial charge in [-0.1, -0.05) is 6.07 Å². The Bertz CT molecular complexity index is 691. The molecule has 1 aliphatic rings. The molecule has 0 saturated heterocycles.